The molecule has 1 heterocycles. The lowest BCUT2D eigenvalue weighted by molar-refractivity contribution is 0.668. The standard InChI is InChI=1S/C31H20O/c1-19-13-15-27-30(17-19)32-29-12-6-11-21(31(27)29)20-14-16-26-24-9-3-2-7-22(24)23-8-4-5-10-25(23)28(26)18-20/h2-18H,1H3. The molecule has 6 aromatic carbocycles. The average Bonchev–Trinajstić information content (AvgIpc) is 3.21. The Morgan fingerprint density at radius 1 is 0.469 bits per heavy atom. The predicted molar refractivity (Wildman–Crippen MR) is 136 cm³/mol. The van der Waals surface area contributed by atoms with Crippen LogP contribution in [0.3, 0.4) is 0 Å². The number of rotatable bonds is 1. The van der Waals surface area contributed by atoms with E-state index < -0.39 is 0 Å². The second-order valence-electron chi connectivity index (χ2n) is 8.63. The van der Waals surface area contributed by atoms with E-state index in [1.807, 2.05) is 0 Å². The highest BCUT2D eigenvalue weighted by Gasteiger charge is 2.14. The van der Waals surface area contributed by atoms with E-state index >= 15 is 0 Å². The van der Waals surface area contributed by atoms with Crippen molar-refractivity contribution in [3.8, 4) is 11.1 Å². The monoisotopic (exact) mass is 408 g/mol. The maximum atomic E-state index is 6.21. The van der Waals surface area contributed by atoms with Crippen LogP contribution in [0.2, 0.25) is 0 Å². The summed E-state index contributed by atoms with van der Waals surface area (Å²) in [7, 11) is 0. The van der Waals surface area contributed by atoms with Gasteiger partial charge in [0.2, 0.25) is 0 Å². The molecular formula is C31H20O. The van der Waals surface area contributed by atoms with Gasteiger partial charge < -0.3 is 4.42 Å². The largest absolute Gasteiger partial charge is 0.456 e. The molecule has 1 heteroatoms. The SMILES string of the molecule is Cc1ccc2c(c1)oc1cccc(-c3ccc4c5ccccc5c5ccccc5c4c3)c12. The molecule has 0 radical (unpaired) electrons. The molecule has 0 aliphatic heterocycles. The number of benzene rings is 6. The lowest BCUT2D eigenvalue weighted by Gasteiger charge is -2.12. The molecule has 7 rings (SSSR count). The number of fused-ring (bicyclic) bond motifs is 9. The first-order valence-corrected chi connectivity index (χ1v) is 11.0. The molecular weight excluding hydrogens is 388 g/mol. The average molecular weight is 409 g/mol. The smallest absolute Gasteiger partial charge is 0.136 e. The number of furan rings is 1. The third-order valence-electron chi connectivity index (χ3n) is 6.71. The van der Waals surface area contributed by atoms with Crippen LogP contribution in [0.1, 0.15) is 5.56 Å². The summed E-state index contributed by atoms with van der Waals surface area (Å²) in [5, 5.41) is 10.1. The van der Waals surface area contributed by atoms with Crippen LogP contribution in [0.4, 0.5) is 0 Å². The van der Waals surface area contributed by atoms with Gasteiger partial charge in [-0.05, 0) is 74.1 Å². The van der Waals surface area contributed by atoms with E-state index in [9.17, 15) is 0 Å². The third-order valence-corrected chi connectivity index (χ3v) is 6.71. The van der Waals surface area contributed by atoms with E-state index in [4.69, 9.17) is 4.42 Å². The van der Waals surface area contributed by atoms with Crippen molar-refractivity contribution in [2.45, 2.75) is 6.92 Å². The Balaban J connectivity index is 1.60. The van der Waals surface area contributed by atoms with Crippen molar-refractivity contribution in [2.24, 2.45) is 0 Å². The van der Waals surface area contributed by atoms with Gasteiger partial charge in [0, 0.05) is 10.8 Å². The molecule has 0 unspecified atom stereocenters. The molecule has 1 nitrogen and oxygen atoms in total. The summed E-state index contributed by atoms with van der Waals surface area (Å²) in [5.41, 5.74) is 5.52. The zero-order valence-corrected chi connectivity index (χ0v) is 17.7. The predicted octanol–water partition coefficient (Wildman–Crippen LogP) is 9.02. The van der Waals surface area contributed by atoms with Crippen LogP contribution < -0.4 is 0 Å². The molecule has 0 N–H and O–H groups in total. The molecule has 1 aromatic heterocycles. The van der Waals surface area contributed by atoms with Crippen molar-refractivity contribution in [2.75, 3.05) is 0 Å². The number of aryl methyl sites for hydroxylation is 1. The van der Waals surface area contributed by atoms with E-state index in [2.05, 4.69) is 110 Å². The highest BCUT2D eigenvalue weighted by atomic mass is 16.3. The van der Waals surface area contributed by atoms with E-state index in [1.165, 1.54) is 59.8 Å². The summed E-state index contributed by atoms with van der Waals surface area (Å²) in [6, 6.07) is 37.2. The quantitative estimate of drug-likeness (QED) is 0.247. The van der Waals surface area contributed by atoms with Crippen molar-refractivity contribution in [1.82, 2.24) is 0 Å². The van der Waals surface area contributed by atoms with Gasteiger partial charge in [-0.3, -0.25) is 0 Å². The Labute approximate surface area is 185 Å². The van der Waals surface area contributed by atoms with Crippen LogP contribution in [0, 0.1) is 6.92 Å². The van der Waals surface area contributed by atoms with Crippen molar-refractivity contribution in [1.29, 1.82) is 0 Å². The van der Waals surface area contributed by atoms with Crippen LogP contribution in [0.15, 0.2) is 108 Å². The van der Waals surface area contributed by atoms with E-state index in [1.54, 1.807) is 0 Å². The molecule has 0 amide bonds. The van der Waals surface area contributed by atoms with Gasteiger partial charge >= 0.3 is 0 Å². The van der Waals surface area contributed by atoms with E-state index in [-0.39, 0.29) is 0 Å². The topological polar surface area (TPSA) is 13.1 Å². The fourth-order valence-corrected chi connectivity index (χ4v) is 5.25. The van der Waals surface area contributed by atoms with Crippen molar-refractivity contribution in [3.05, 3.63) is 109 Å². The Morgan fingerprint density at radius 2 is 1.09 bits per heavy atom. The minimum atomic E-state index is 0.937. The Kier molecular flexibility index (Phi) is 3.54. The Morgan fingerprint density at radius 3 is 1.81 bits per heavy atom. The highest BCUT2D eigenvalue weighted by molar-refractivity contribution is 6.26. The summed E-state index contributed by atoms with van der Waals surface area (Å²) in [4.78, 5) is 0. The summed E-state index contributed by atoms with van der Waals surface area (Å²) in [6.07, 6.45) is 0. The molecule has 7 aromatic rings. The third kappa shape index (κ3) is 2.39. The molecule has 0 saturated carbocycles. The first-order valence-electron chi connectivity index (χ1n) is 11.0. The zero-order chi connectivity index (χ0) is 21.2. The van der Waals surface area contributed by atoms with Gasteiger partial charge in [-0.2, -0.15) is 0 Å². The van der Waals surface area contributed by atoms with E-state index in [0.29, 0.717) is 0 Å². The van der Waals surface area contributed by atoms with Gasteiger partial charge in [0.1, 0.15) is 11.2 Å². The van der Waals surface area contributed by atoms with Crippen LogP contribution >= 0.6 is 0 Å². The van der Waals surface area contributed by atoms with Crippen LogP contribution in [0.25, 0.3) is 65.4 Å². The summed E-state index contributed by atoms with van der Waals surface area (Å²) in [6.45, 7) is 2.10. The van der Waals surface area contributed by atoms with E-state index in [0.717, 1.165) is 11.2 Å². The molecule has 0 bridgehead atoms. The van der Waals surface area contributed by atoms with Gasteiger partial charge in [0.25, 0.3) is 0 Å². The Bertz CT molecular complexity index is 1800. The summed E-state index contributed by atoms with van der Waals surface area (Å²) < 4.78 is 6.21. The fraction of sp³-hybridized carbons (Fsp3) is 0.0323. The maximum Gasteiger partial charge on any atom is 0.136 e. The molecule has 0 aliphatic rings. The van der Waals surface area contributed by atoms with Gasteiger partial charge in [0.15, 0.2) is 0 Å². The normalized spacial score (nSPS) is 11.9. The lowest BCUT2D eigenvalue weighted by Crippen LogP contribution is -1.85. The molecule has 0 atom stereocenters. The van der Waals surface area contributed by atoms with Gasteiger partial charge in [0.05, 0.1) is 0 Å². The first-order chi connectivity index (χ1) is 15.8. The van der Waals surface area contributed by atoms with Gasteiger partial charge in [-0.15, -0.1) is 0 Å². The van der Waals surface area contributed by atoms with Gasteiger partial charge in [-0.1, -0.05) is 84.9 Å². The summed E-state index contributed by atoms with van der Waals surface area (Å²) >= 11 is 0. The van der Waals surface area contributed by atoms with Crippen LogP contribution in [0.5, 0.6) is 0 Å². The molecule has 0 fully saturated rings. The molecule has 0 saturated heterocycles. The molecule has 32 heavy (non-hydrogen) atoms. The molecule has 0 spiro atoms. The van der Waals surface area contributed by atoms with Crippen molar-refractivity contribution >= 4 is 54.3 Å². The fourth-order valence-electron chi connectivity index (χ4n) is 5.25. The van der Waals surface area contributed by atoms with Crippen molar-refractivity contribution in [3.63, 3.8) is 0 Å². The van der Waals surface area contributed by atoms with Crippen LogP contribution in [-0.2, 0) is 0 Å². The second-order valence-corrected chi connectivity index (χ2v) is 8.63. The van der Waals surface area contributed by atoms with Gasteiger partial charge in [-0.25, -0.2) is 0 Å². The number of hydrogen-bond donors (Lipinski definition) is 0. The van der Waals surface area contributed by atoms with Crippen molar-refractivity contribution < 1.29 is 4.42 Å². The minimum Gasteiger partial charge on any atom is -0.456 e. The highest BCUT2D eigenvalue weighted by Crippen LogP contribution is 2.40. The zero-order valence-electron chi connectivity index (χ0n) is 17.7. The second kappa shape index (κ2) is 6.45. The van der Waals surface area contributed by atoms with Crippen LogP contribution in [-0.4, -0.2) is 0 Å². The molecule has 0 aliphatic carbocycles. The Hall–Kier alpha value is -4.10. The summed E-state index contributed by atoms with van der Waals surface area (Å²) in [5.74, 6) is 0. The minimum absolute atomic E-state index is 0.937. The lowest BCUT2D eigenvalue weighted by atomic mass is 9.91. The number of hydrogen-bond acceptors (Lipinski definition) is 1. The first kappa shape index (κ1) is 17.6. The maximum absolute atomic E-state index is 6.21. The molecule has 150 valence electrons.